The molecule has 0 radical (unpaired) electrons. The molecule has 3 nitrogen and oxygen atoms in total. The van der Waals surface area contributed by atoms with Gasteiger partial charge in [-0.3, -0.25) is 9.69 Å². The number of rotatable bonds is 7. The summed E-state index contributed by atoms with van der Waals surface area (Å²) in [5.41, 5.74) is 3.05. The summed E-state index contributed by atoms with van der Waals surface area (Å²) in [4.78, 5) is 14.6. The van der Waals surface area contributed by atoms with Gasteiger partial charge in [0.15, 0.2) is 0 Å². The molecule has 2 aliphatic rings. The first kappa shape index (κ1) is 17.8. The highest BCUT2D eigenvalue weighted by Gasteiger charge is 2.29. The maximum atomic E-state index is 12.1. The Kier molecular flexibility index (Phi) is 5.21. The van der Waals surface area contributed by atoms with Crippen molar-refractivity contribution < 1.29 is 4.79 Å². The van der Waals surface area contributed by atoms with Gasteiger partial charge in [0, 0.05) is 40.8 Å². The highest BCUT2D eigenvalue weighted by atomic mass is 35.5. The maximum Gasteiger partial charge on any atom is 0.251 e. The van der Waals surface area contributed by atoms with E-state index in [4.69, 9.17) is 23.2 Å². The van der Waals surface area contributed by atoms with Gasteiger partial charge in [-0.25, -0.2) is 0 Å². The number of hydrogen-bond acceptors (Lipinski definition) is 2. The highest BCUT2D eigenvalue weighted by Crippen LogP contribution is 2.32. The average Bonchev–Trinajstić information content (AvgIpc) is 3.51. The quantitative estimate of drug-likeness (QED) is 0.719. The third-order valence-electron chi connectivity index (χ3n) is 4.97. The van der Waals surface area contributed by atoms with Gasteiger partial charge in [0.1, 0.15) is 0 Å². The summed E-state index contributed by atoms with van der Waals surface area (Å²) in [6.07, 6.45) is 4.67. The lowest BCUT2D eigenvalue weighted by molar-refractivity contribution is 0.0951. The average molecular weight is 389 g/mol. The summed E-state index contributed by atoms with van der Waals surface area (Å²) in [6.45, 7) is 1.67. The number of nitrogens with one attached hydrogen (secondary N) is 1. The van der Waals surface area contributed by atoms with E-state index in [0.29, 0.717) is 17.1 Å². The van der Waals surface area contributed by atoms with Crippen LogP contribution in [0.5, 0.6) is 0 Å². The van der Waals surface area contributed by atoms with E-state index in [1.807, 2.05) is 24.3 Å². The first-order chi connectivity index (χ1) is 12.6. The molecule has 2 fully saturated rings. The van der Waals surface area contributed by atoms with Crippen LogP contribution in [0.25, 0.3) is 0 Å². The molecule has 0 aromatic heterocycles. The Morgan fingerprint density at radius 2 is 1.73 bits per heavy atom. The molecule has 2 saturated carbocycles. The van der Waals surface area contributed by atoms with E-state index in [2.05, 4.69) is 22.3 Å². The normalized spacial score (nSPS) is 16.7. The summed E-state index contributed by atoms with van der Waals surface area (Å²) in [5.74, 6) is 0.0334. The minimum atomic E-state index is 0.0334. The van der Waals surface area contributed by atoms with Crippen molar-refractivity contribution in [3.63, 3.8) is 0 Å². The molecule has 4 rings (SSSR count). The van der Waals surface area contributed by atoms with Gasteiger partial charge in [-0.2, -0.15) is 0 Å². The Morgan fingerprint density at radius 3 is 2.35 bits per heavy atom. The van der Waals surface area contributed by atoms with Gasteiger partial charge in [-0.15, -0.1) is 0 Å². The molecule has 5 heteroatoms. The first-order valence-corrected chi connectivity index (χ1v) is 9.92. The van der Waals surface area contributed by atoms with E-state index in [-0.39, 0.29) is 5.91 Å². The summed E-state index contributed by atoms with van der Waals surface area (Å²) in [6, 6.07) is 14.7. The SMILES string of the molecule is O=C(NC1CC1)c1ccc(CN(Cc2ccc(Cl)cc2Cl)C2CC2)cc1. The van der Waals surface area contributed by atoms with Crippen LogP contribution >= 0.6 is 23.2 Å². The van der Waals surface area contributed by atoms with Gasteiger partial charge < -0.3 is 5.32 Å². The molecule has 0 spiro atoms. The summed E-state index contributed by atoms with van der Waals surface area (Å²) in [7, 11) is 0. The standard InChI is InChI=1S/C21H22Cl2N2O/c22-17-6-5-16(20(23)11-17)13-25(19-9-10-19)12-14-1-3-15(4-2-14)21(26)24-18-7-8-18/h1-6,11,18-19H,7-10,12-13H2,(H,24,26). The van der Waals surface area contributed by atoms with Gasteiger partial charge in [0.25, 0.3) is 5.91 Å². The predicted octanol–water partition coefficient (Wildman–Crippen LogP) is 5.05. The van der Waals surface area contributed by atoms with Crippen LogP contribution in [-0.4, -0.2) is 22.9 Å². The molecule has 0 aliphatic heterocycles. The third-order valence-corrected chi connectivity index (χ3v) is 5.55. The maximum absolute atomic E-state index is 12.1. The fourth-order valence-electron chi connectivity index (χ4n) is 3.11. The molecule has 2 aliphatic carbocycles. The molecule has 1 amide bonds. The molecule has 1 N–H and O–H groups in total. The Morgan fingerprint density at radius 1 is 1.00 bits per heavy atom. The Balaban J connectivity index is 1.42. The van der Waals surface area contributed by atoms with E-state index < -0.39 is 0 Å². The number of halogens is 2. The van der Waals surface area contributed by atoms with E-state index in [9.17, 15) is 4.79 Å². The largest absolute Gasteiger partial charge is 0.349 e. The number of carbonyl (C=O) groups is 1. The minimum Gasteiger partial charge on any atom is -0.349 e. The fourth-order valence-corrected chi connectivity index (χ4v) is 3.58. The number of hydrogen-bond donors (Lipinski definition) is 1. The molecule has 0 heterocycles. The zero-order valence-electron chi connectivity index (χ0n) is 14.6. The molecular weight excluding hydrogens is 367 g/mol. The topological polar surface area (TPSA) is 32.3 Å². The van der Waals surface area contributed by atoms with Crippen molar-refractivity contribution in [2.24, 2.45) is 0 Å². The van der Waals surface area contributed by atoms with Crippen molar-refractivity contribution in [2.75, 3.05) is 0 Å². The lowest BCUT2D eigenvalue weighted by Crippen LogP contribution is -2.26. The monoisotopic (exact) mass is 388 g/mol. The van der Waals surface area contributed by atoms with Crippen LogP contribution in [0.2, 0.25) is 10.0 Å². The smallest absolute Gasteiger partial charge is 0.251 e. The van der Waals surface area contributed by atoms with Gasteiger partial charge in [-0.05, 0) is 61.1 Å². The Hall–Kier alpha value is -1.55. The third kappa shape index (κ3) is 4.59. The molecular formula is C21H22Cl2N2O. The van der Waals surface area contributed by atoms with Crippen LogP contribution in [0.1, 0.15) is 47.2 Å². The van der Waals surface area contributed by atoms with E-state index in [1.165, 1.54) is 18.4 Å². The zero-order chi connectivity index (χ0) is 18.1. The number of amides is 1. The highest BCUT2D eigenvalue weighted by molar-refractivity contribution is 6.35. The van der Waals surface area contributed by atoms with Crippen LogP contribution in [0.4, 0.5) is 0 Å². The van der Waals surface area contributed by atoms with Crippen molar-refractivity contribution >= 4 is 29.1 Å². The van der Waals surface area contributed by atoms with Crippen LogP contribution in [0.15, 0.2) is 42.5 Å². The van der Waals surface area contributed by atoms with Gasteiger partial charge in [0.2, 0.25) is 0 Å². The lowest BCUT2D eigenvalue weighted by Gasteiger charge is -2.23. The van der Waals surface area contributed by atoms with Crippen LogP contribution in [0, 0.1) is 0 Å². The van der Waals surface area contributed by atoms with Crippen molar-refractivity contribution in [1.29, 1.82) is 0 Å². The second-order valence-electron chi connectivity index (χ2n) is 7.32. The molecule has 0 atom stereocenters. The fraction of sp³-hybridized carbons (Fsp3) is 0.381. The number of benzene rings is 2. The molecule has 0 bridgehead atoms. The number of nitrogens with zero attached hydrogens (tertiary/aromatic N) is 1. The molecule has 0 unspecified atom stereocenters. The zero-order valence-corrected chi connectivity index (χ0v) is 16.1. The van der Waals surface area contributed by atoms with Gasteiger partial charge in [0.05, 0.1) is 0 Å². The molecule has 2 aromatic carbocycles. The first-order valence-electron chi connectivity index (χ1n) is 9.16. The van der Waals surface area contributed by atoms with Gasteiger partial charge >= 0.3 is 0 Å². The summed E-state index contributed by atoms with van der Waals surface area (Å²) >= 11 is 12.4. The molecule has 0 saturated heterocycles. The minimum absolute atomic E-state index is 0.0334. The van der Waals surface area contributed by atoms with E-state index in [0.717, 1.165) is 42.1 Å². The van der Waals surface area contributed by atoms with Crippen molar-refractivity contribution in [3.8, 4) is 0 Å². The van der Waals surface area contributed by atoms with Crippen molar-refractivity contribution in [2.45, 2.75) is 50.9 Å². The molecule has 2 aromatic rings. The van der Waals surface area contributed by atoms with Crippen LogP contribution in [-0.2, 0) is 13.1 Å². The Bertz CT molecular complexity index is 798. The van der Waals surface area contributed by atoms with E-state index >= 15 is 0 Å². The molecule has 26 heavy (non-hydrogen) atoms. The van der Waals surface area contributed by atoms with Crippen molar-refractivity contribution in [1.82, 2.24) is 10.2 Å². The van der Waals surface area contributed by atoms with E-state index in [1.54, 1.807) is 6.07 Å². The number of carbonyl (C=O) groups excluding carboxylic acids is 1. The lowest BCUT2D eigenvalue weighted by atomic mass is 10.1. The van der Waals surface area contributed by atoms with Crippen LogP contribution < -0.4 is 5.32 Å². The second-order valence-corrected chi connectivity index (χ2v) is 8.16. The Labute approximate surface area is 164 Å². The summed E-state index contributed by atoms with van der Waals surface area (Å²) < 4.78 is 0. The second kappa shape index (κ2) is 7.59. The predicted molar refractivity (Wildman–Crippen MR) is 106 cm³/mol. The van der Waals surface area contributed by atoms with Gasteiger partial charge in [-0.1, -0.05) is 41.4 Å². The van der Waals surface area contributed by atoms with Crippen LogP contribution in [0.3, 0.4) is 0 Å². The summed E-state index contributed by atoms with van der Waals surface area (Å²) in [5, 5.41) is 4.41. The molecule has 136 valence electrons. The van der Waals surface area contributed by atoms with Crippen molar-refractivity contribution in [3.05, 3.63) is 69.2 Å².